The van der Waals surface area contributed by atoms with E-state index in [1.807, 2.05) is 18.2 Å². The van der Waals surface area contributed by atoms with E-state index in [4.69, 9.17) is 25.2 Å². The van der Waals surface area contributed by atoms with Crippen LogP contribution in [0.2, 0.25) is 0 Å². The third kappa shape index (κ3) is 4.40. The van der Waals surface area contributed by atoms with Crippen LogP contribution in [0.1, 0.15) is 5.82 Å². The molecular formula is C22H25N5O3S. The molecule has 8 nitrogen and oxygen atoms in total. The Morgan fingerprint density at radius 2 is 1.97 bits per heavy atom. The number of carbonyl (C=O) groups excluding carboxylic acids is 1. The van der Waals surface area contributed by atoms with Crippen molar-refractivity contribution in [2.45, 2.75) is 12.6 Å². The van der Waals surface area contributed by atoms with E-state index in [-0.39, 0.29) is 12.7 Å². The Kier molecular flexibility index (Phi) is 5.82. The predicted molar refractivity (Wildman–Crippen MR) is 120 cm³/mol. The van der Waals surface area contributed by atoms with Gasteiger partial charge >= 0.3 is 0 Å². The summed E-state index contributed by atoms with van der Waals surface area (Å²) in [5.41, 5.74) is 7.51. The molecule has 2 aromatic heterocycles. The Balaban J connectivity index is 1.47. The van der Waals surface area contributed by atoms with Crippen molar-refractivity contribution in [2.24, 2.45) is 5.73 Å². The molecule has 0 atom stereocenters. The lowest BCUT2D eigenvalue weighted by Crippen LogP contribution is -2.53. The maximum atomic E-state index is 11.0. The van der Waals surface area contributed by atoms with E-state index in [1.54, 1.807) is 11.3 Å². The predicted octanol–water partition coefficient (Wildman–Crippen LogP) is 1.88. The molecule has 0 spiro atoms. The van der Waals surface area contributed by atoms with E-state index >= 15 is 0 Å². The van der Waals surface area contributed by atoms with Gasteiger partial charge in [0, 0.05) is 37.1 Å². The van der Waals surface area contributed by atoms with E-state index < -0.39 is 5.91 Å². The Labute approximate surface area is 184 Å². The molecular weight excluding hydrogens is 414 g/mol. The smallest absolute Gasteiger partial charge is 0.243 e. The maximum Gasteiger partial charge on any atom is 0.243 e. The number of amides is 1. The van der Waals surface area contributed by atoms with Gasteiger partial charge in [-0.15, -0.1) is 11.3 Å². The molecule has 1 amide bonds. The summed E-state index contributed by atoms with van der Waals surface area (Å²) in [6.45, 7) is 5.30. The lowest BCUT2D eigenvalue weighted by Gasteiger charge is -2.40. The highest BCUT2D eigenvalue weighted by atomic mass is 32.1. The second kappa shape index (κ2) is 8.88. The number of carbonyl (C=O) groups is 1. The molecule has 1 aromatic carbocycles. The van der Waals surface area contributed by atoms with Crippen LogP contribution in [0.4, 0.5) is 5.82 Å². The van der Waals surface area contributed by atoms with E-state index in [1.165, 1.54) is 0 Å². The van der Waals surface area contributed by atoms with Gasteiger partial charge in [0.25, 0.3) is 0 Å². The van der Waals surface area contributed by atoms with Crippen molar-refractivity contribution in [1.82, 2.24) is 14.9 Å². The molecule has 2 aliphatic rings. The van der Waals surface area contributed by atoms with Gasteiger partial charge < -0.3 is 20.1 Å². The Morgan fingerprint density at radius 1 is 1.19 bits per heavy atom. The number of hydrogen-bond acceptors (Lipinski definition) is 8. The number of thiophene rings is 1. The van der Waals surface area contributed by atoms with Gasteiger partial charge in [0.05, 0.1) is 31.2 Å². The quantitative estimate of drug-likeness (QED) is 0.601. The van der Waals surface area contributed by atoms with Crippen LogP contribution in [0.25, 0.3) is 21.3 Å². The Bertz CT molecular complexity index is 1060. The fourth-order valence-electron chi connectivity index (χ4n) is 3.97. The van der Waals surface area contributed by atoms with Crippen LogP contribution in [0.3, 0.4) is 0 Å². The highest BCUT2D eigenvalue weighted by Gasteiger charge is 2.32. The van der Waals surface area contributed by atoms with Crippen molar-refractivity contribution in [2.75, 3.05) is 50.9 Å². The van der Waals surface area contributed by atoms with Crippen LogP contribution in [0.5, 0.6) is 0 Å². The molecule has 9 heteroatoms. The minimum atomic E-state index is -0.445. The normalized spacial score (nSPS) is 17.7. The average molecular weight is 440 g/mol. The third-order valence-electron chi connectivity index (χ3n) is 5.62. The lowest BCUT2D eigenvalue weighted by molar-refractivity contribution is -0.125. The van der Waals surface area contributed by atoms with Crippen LogP contribution >= 0.6 is 11.3 Å². The number of fused-ring (bicyclic) bond motifs is 1. The van der Waals surface area contributed by atoms with E-state index in [0.717, 1.165) is 59.3 Å². The summed E-state index contributed by atoms with van der Waals surface area (Å²) in [7, 11) is 0. The highest BCUT2D eigenvalue weighted by Crippen LogP contribution is 2.39. The fraction of sp³-hybridized carbons (Fsp3) is 0.409. The summed E-state index contributed by atoms with van der Waals surface area (Å²) in [5, 5.41) is 3.24. The van der Waals surface area contributed by atoms with Gasteiger partial charge in [0.15, 0.2) is 0 Å². The molecule has 0 radical (unpaired) electrons. The van der Waals surface area contributed by atoms with Crippen molar-refractivity contribution in [3.05, 3.63) is 41.5 Å². The summed E-state index contributed by atoms with van der Waals surface area (Å²) in [6, 6.07) is 10.3. The lowest BCUT2D eigenvalue weighted by atomic mass is 10.0. The molecule has 0 saturated carbocycles. The number of anilines is 1. The number of aromatic nitrogens is 2. The highest BCUT2D eigenvalue weighted by molar-refractivity contribution is 7.17. The summed E-state index contributed by atoms with van der Waals surface area (Å²) in [4.78, 5) is 26.4. The van der Waals surface area contributed by atoms with Crippen LogP contribution in [0.15, 0.2) is 35.7 Å². The van der Waals surface area contributed by atoms with Gasteiger partial charge in [-0.25, -0.2) is 9.97 Å². The van der Waals surface area contributed by atoms with Crippen LogP contribution in [-0.4, -0.2) is 72.9 Å². The Hall–Kier alpha value is -2.59. The average Bonchev–Trinajstić information content (AvgIpc) is 3.18. The number of rotatable bonds is 7. The van der Waals surface area contributed by atoms with Crippen LogP contribution < -0.4 is 10.6 Å². The number of nitrogens with two attached hydrogens (primary N) is 1. The largest absolute Gasteiger partial charge is 0.379 e. The van der Waals surface area contributed by atoms with E-state index in [9.17, 15) is 4.79 Å². The standard InChI is InChI=1S/C22H25N5O3S/c23-18(28)13-30-16-10-27(11-16)21-20-17(15-4-2-1-3-5-15)14-31-22(20)25-19(24-21)12-26-6-8-29-9-7-26/h1-5,14,16H,6-13H2,(H2,23,28). The first-order valence-corrected chi connectivity index (χ1v) is 11.3. The summed E-state index contributed by atoms with van der Waals surface area (Å²) >= 11 is 1.65. The van der Waals surface area contributed by atoms with E-state index in [2.05, 4.69) is 27.3 Å². The van der Waals surface area contributed by atoms with Crippen molar-refractivity contribution >= 4 is 33.3 Å². The summed E-state index contributed by atoms with van der Waals surface area (Å²) in [5.74, 6) is 1.32. The first-order valence-electron chi connectivity index (χ1n) is 10.5. The number of nitrogens with zero attached hydrogens (tertiary/aromatic N) is 4. The second-order valence-corrected chi connectivity index (χ2v) is 8.71. The van der Waals surface area contributed by atoms with Crippen LogP contribution in [-0.2, 0) is 20.8 Å². The molecule has 2 N–H and O–H groups in total. The number of morpholine rings is 1. The van der Waals surface area contributed by atoms with Crippen molar-refractivity contribution in [1.29, 1.82) is 0 Å². The summed E-state index contributed by atoms with van der Waals surface area (Å²) < 4.78 is 11.0. The van der Waals surface area contributed by atoms with Gasteiger partial charge in [-0.1, -0.05) is 30.3 Å². The number of benzene rings is 1. The van der Waals surface area contributed by atoms with Gasteiger partial charge in [0.1, 0.15) is 23.1 Å². The minimum Gasteiger partial charge on any atom is -0.379 e. The molecule has 0 bridgehead atoms. The zero-order valence-electron chi connectivity index (χ0n) is 17.2. The second-order valence-electron chi connectivity index (χ2n) is 7.85. The van der Waals surface area contributed by atoms with Gasteiger partial charge in [0.2, 0.25) is 5.91 Å². The first kappa shape index (κ1) is 20.3. The molecule has 2 aliphatic heterocycles. The number of hydrogen-bond donors (Lipinski definition) is 1. The molecule has 3 aromatic rings. The van der Waals surface area contributed by atoms with Crippen molar-refractivity contribution in [3.8, 4) is 11.1 Å². The van der Waals surface area contributed by atoms with Crippen LogP contribution in [0, 0.1) is 0 Å². The molecule has 4 heterocycles. The molecule has 2 fully saturated rings. The zero-order valence-corrected chi connectivity index (χ0v) is 18.0. The SMILES string of the molecule is NC(=O)COC1CN(c2nc(CN3CCOCC3)nc3scc(-c4ccccc4)c23)C1. The first-order chi connectivity index (χ1) is 15.2. The molecule has 2 saturated heterocycles. The van der Waals surface area contributed by atoms with Gasteiger partial charge in [-0.2, -0.15) is 0 Å². The Morgan fingerprint density at radius 3 is 2.71 bits per heavy atom. The molecule has 162 valence electrons. The van der Waals surface area contributed by atoms with Crippen molar-refractivity contribution in [3.63, 3.8) is 0 Å². The maximum absolute atomic E-state index is 11.0. The molecule has 0 aliphatic carbocycles. The monoisotopic (exact) mass is 439 g/mol. The van der Waals surface area contributed by atoms with Gasteiger partial charge in [-0.3, -0.25) is 9.69 Å². The molecule has 0 unspecified atom stereocenters. The minimum absolute atomic E-state index is 0.0148. The third-order valence-corrected chi connectivity index (χ3v) is 6.50. The fourth-order valence-corrected chi connectivity index (χ4v) is 4.93. The summed E-state index contributed by atoms with van der Waals surface area (Å²) in [6.07, 6.45) is -0.0148. The molecule has 31 heavy (non-hydrogen) atoms. The number of ether oxygens (including phenoxy) is 2. The molecule has 5 rings (SSSR count). The van der Waals surface area contributed by atoms with Crippen molar-refractivity contribution < 1.29 is 14.3 Å². The van der Waals surface area contributed by atoms with Gasteiger partial charge in [-0.05, 0) is 5.56 Å². The number of primary amides is 1. The zero-order chi connectivity index (χ0) is 21.2. The van der Waals surface area contributed by atoms with E-state index in [0.29, 0.717) is 19.6 Å². The topological polar surface area (TPSA) is 93.8 Å².